The number of hydrogen-bond acceptors (Lipinski definition) is 3. The van der Waals surface area contributed by atoms with Crippen LogP contribution in [-0.4, -0.2) is 35.5 Å². The van der Waals surface area contributed by atoms with Crippen molar-refractivity contribution >= 4 is 11.9 Å². The first-order chi connectivity index (χ1) is 12.0. The van der Waals surface area contributed by atoms with Crippen LogP contribution < -0.4 is 4.74 Å². The smallest absolute Gasteiger partial charge is 0.335 e. The van der Waals surface area contributed by atoms with Crippen molar-refractivity contribution < 1.29 is 19.4 Å². The number of carbonyl (C=O) groups excluding carboxylic acids is 1. The average Bonchev–Trinajstić information content (AvgIpc) is 2.66. The summed E-state index contributed by atoms with van der Waals surface area (Å²) in [6.07, 6.45) is 0.746. The molecule has 2 aromatic rings. The Morgan fingerprint density at radius 1 is 1.12 bits per heavy atom. The number of carbonyl (C=O) groups is 2. The topological polar surface area (TPSA) is 66.8 Å². The molecule has 1 N–H and O–H groups in total. The second kappa shape index (κ2) is 6.97. The summed E-state index contributed by atoms with van der Waals surface area (Å²) in [5.74, 6) is -0.388. The summed E-state index contributed by atoms with van der Waals surface area (Å²) in [6, 6.07) is 12.7. The Labute approximate surface area is 146 Å². The van der Waals surface area contributed by atoms with Crippen molar-refractivity contribution in [2.45, 2.75) is 25.8 Å². The van der Waals surface area contributed by atoms with Crippen molar-refractivity contribution in [1.82, 2.24) is 4.90 Å². The van der Waals surface area contributed by atoms with Gasteiger partial charge in [-0.1, -0.05) is 18.2 Å². The molecule has 0 fully saturated rings. The molecule has 5 heteroatoms. The number of nitrogens with zero attached hydrogens (tertiary/aromatic N) is 1. The fourth-order valence-corrected chi connectivity index (χ4v) is 3.19. The number of hydrogen-bond donors (Lipinski definition) is 1. The highest BCUT2D eigenvalue weighted by atomic mass is 16.5. The summed E-state index contributed by atoms with van der Waals surface area (Å²) in [7, 11) is 1.61. The third kappa shape index (κ3) is 3.50. The fourth-order valence-electron chi connectivity index (χ4n) is 3.19. The highest BCUT2D eigenvalue weighted by molar-refractivity contribution is 5.88. The Bertz CT molecular complexity index is 798. The fraction of sp³-hybridized carbons (Fsp3) is 0.300. The third-order valence-electron chi connectivity index (χ3n) is 4.76. The number of aromatic carboxylic acids is 1. The molecule has 1 heterocycles. The van der Waals surface area contributed by atoms with Crippen molar-refractivity contribution in [3.05, 3.63) is 64.7 Å². The molecule has 0 aromatic heterocycles. The minimum atomic E-state index is -0.946. The molecule has 5 nitrogen and oxygen atoms in total. The van der Waals surface area contributed by atoms with Crippen LogP contribution in [0.5, 0.6) is 5.75 Å². The first kappa shape index (κ1) is 17.0. The molecule has 0 saturated heterocycles. The molecular formula is C20H21NO4. The molecule has 3 rings (SSSR count). The van der Waals surface area contributed by atoms with Crippen LogP contribution in [-0.2, 0) is 17.8 Å². The summed E-state index contributed by atoms with van der Waals surface area (Å²) in [5, 5.41) is 9.15. The van der Waals surface area contributed by atoms with Crippen LogP contribution in [0.15, 0.2) is 42.5 Å². The van der Waals surface area contributed by atoms with E-state index >= 15 is 0 Å². The maximum atomic E-state index is 12.9. The molecule has 0 spiro atoms. The van der Waals surface area contributed by atoms with E-state index in [1.165, 1.54) is 0 Å². The SMILES string of the molecule is COc1ccc(C(C)C(=O)N2CCc3ccc(C(=O)O)cc3C2)cc1. The molecule has 0 saturated carbocycles. The Kier molecular flexibility index (Phi) is 4.74. The van der Waals surface area contributed by atoms with Gasteiger partial charge in [0.2, 0.25) is 5.91 Å². The monoisotopic (exact) mass is 339 g/mol. The van der Waals surface area contributed by atoms with Gasteiger partial charge in [-0.3, -0.25) is 4.79 Å². The number of carboxylic acids is 1. The van der Waals surface area contributed by atoms with Crippen LogP contribution in [0.1, 0.15) is 39.9 Å². The van der Waals surface area contributed by atoms with E-state index in [4.69, 9.17) is 9.84 Å². The van der Waals surface area contributed by atoms with Gasteiger partial charge >= 0.3 is 5.97 Å². The average molecular weight is 339 g/mol. The van der Waals surface area contributed by atoms with Crippen molar-refractivity contribution in [3.8, 4) is 5.75 Å². The number of methoxy groups -OCH3 is 1. The summed E-state index contributed by atoms with van der Waals surface area (Å²) in [4.78, 5) is 25.8. The molecule has 1 amide bonds. The van der Waals surface area contributed by atoms with Crippen LogP contribution in [0.4, 0.5) is 0 Å². The van der Waals surface area contributed by atoms with Gasteiger partial charge in [0.15, 0.2) is 0 Å². The molecule has 130 valence electrons. The zero-order valence-corrected chi connectivity index (χ0v) is 14.4. The Hall–Kier alpha value is -2.82. The molecular weight excluding hydrogens is 318 g/mol. The highest BCUT2D eigenvalue weighted by Crippen LogP contribution is 2.26. The lowest BCUT2D eigenvalue weighted by molar-refractivity contribution is -0.133. The lowest BCUT2D eigenvalue weighted by Gasteiger charge is -2.31. The van der Waals surface area contributed by atoms with Crippen LogP contribution in [0, 0.1) is 0 Å². The molecule has 0 aliphatic carbocycles. The Morgan fingerprint density at radius 2 is 1.84 bits per heavy atom. The second-order valence-electron chi connectivity index (χ2n) is 6.29. The van der Waals surface area contributed by atoms with Crippen molar-refractivity contribution in [3.63, 3.8) is 0 Å². The predicted octanol–water partition coefficient (Wildman–Crippen LogP) is 3.08. The van der Waals surface area contributed by atoms with E-state index in [1.807, 2.05) is 42.2 Å². The zero-order valence-electron chi connectivity index (χ0n) is 14.4. The van der Waals surface area contributed by atoms with Gasteiger partial charge in [0.25, 0.3) is 0 Å². The van der Waals surface area contributed by atoms with Gasteiger partial charge in [0.1, 0.15) is 5.75 Å². The zero-order chi connectivity index (χ0) is 18.0. The first-order valence-corrected chi connectivity index (χ1v) is 8.27. The summed E-state index contributed by atoms with van der Waals surface area (Å²) < 4.78 is 5.15. The third-order valence-corrected chi connectivity index (χ3v) is 4.76. The molecule has 25 heavy (non-hydrogen) atoms. The lowest BCUT2D eigenvalue weighted by Crippen LogP contribution is -2.38. The van der Waals surface area contributed by atoms with E-state index in [2.05, 4.69) is 0 Å². The lowest BCUT2D eigenvalue weighted by atomic mass is 9.94. The number of benzene rings is 2. The van der Waals surface area contributed by atoms with E-state index in [9.17, 15) is 9.59 Å². The molecule has 1 aliphatic heterocycles. The number of amides is 1. The van der Waals surface area contributed by atoms with Crippen molar-refractivity contribution in [2.24, 2.45) is 0 Å². The molecule has 1 aliphatic rings. The number of fused-ring (bicyclic) bond motifs is 1. The second-order valence-corrected chi connectivity index (χ2v) is 6.29. The van der Waals surface area contributed by atoms with Crippen LogP contribution in [0.2, 0.25) is 0 Å². The molecule has 1 unspecified atom stereocenters. The van der Waals surface area contributed by atoms with Gasteiger partial charge in [0.05, 0.1) is 18.6 Å². The Balaban J connectivity index is 1.76. The molecule has 0 radical (unpaired) electrons. The van der Waals surface area contributed by atoms with Crippen molar-refractivity contribution in [1.29, 1.82) is 0 Å². The van der Waals surface area contributed by atoms with Gasteiger partial charge in [-0.2, -0.15) is 0 Å². The predicted molar refractivity (Wildman–Crippen MR) is 93.9 cm³/mol. The van der Waals surface area contributed by atoms with Crippen LogP contribution in [0.25, 0.3) is 0 Å². The van der Waals surface area contributed by atoms with E-state index < -0.39 is 5.97 Å². The van der Waals surface area contributed by atoms with E-state index in [1.54, 1.807) is 19.2 Å². The largest absolute Gasteiger partial charge is 0.497 e. The van der Waals surface area contributed by atoms with E-state index in [0.29, 0.717) is 13.1 Å². The summed E-state index contributed by atoms with van der Waals surface area (Å²) in [6.45, 7) is 3.00. The normalized spacial score (nSPS) is 14.6. The van der Waals surface area contributed by atoms with Gasteiger partial charge in [-0.25, -0.2) is 4.79 Å². The molecule has 2 aromatic carbocycles. The summed E-state index contributed by atoms with van der Waals surface area (Å²) >= 11 is 0. The number of ether oxygens (including phenoxy) is 1. The van der Waals surface area contributed by atoms with Gasteiger partial charge in [-0.15, -0.1) is 0 Å². The summed E-state index contributed by atoms with van der Waals surface area (Å²) in [5.41, 5.74) is 3.24. The van der Waals surface area contributed by atoms with Crippen LogP contribution in [0.3, 0.4) is 0 Å². The Morgan fingerprint density at radius 3 is 2.48 bits per heavy atom. The standard InChI is InChI=1S/C20H21NO4/c1-13(14-5-7-18(25-2)8-6-14)19(22)21-10-9-15-3-4-16(20(23)24)11-17(15)12-21/h3-8,11,13H,9-10,12H2,1-2H3,(H,23,24). The van der Waals surface area contributed by atoms with Gasteiger partial charge < -0.3 is 14.7 Å². The quantitative estimate of drug-likeness (QED) is 0.929. The number of rotatable bonds is 4. The highest BCUT2D eigenvalue weighted by Gasteiger charge is 2.26. The van der Waals surface area contributed by atoms with E-state index in [0.717, 1.165) is 28.9 Å². The molecule has 1 atom stereocenters. The number of carboxylic acid groups (broad SMARTS) is 1. The minimum absolute atomic E-state index is 0.0524. The maximum Gasteiger partial charge on any atom is 0.335 e. The van der Waals surface area contributed by atoms with Crippen LogP contribution >= 0.6 is 0 Å². The van der Waals surface area contributed by atoms with Crippen molar-refractivity contribution in [2.75, 3.05) is 13.7 Å². The maximum absolute atomic E-state index is 12.9. The first-order valence-electron chi connectivity index (χ1n) is 8.27. The molecule has 0 bridgehead atoms. The van der Waals surface area contributed by atoms with E-state index in [-0.39, 0.29) is 17.4 Å². The van der Waals surface area contributed by atoms with Gasteiger partial charge in [-0.05, 0) is 54.3 Å². The van der Waals surface area contributed by atoms with Gasteiger partial charge in [0, 0.05) is 13.1 Å². The minimum Gasteiger partial charge on any atom is -0.497 e.